The summed E-state index contributed by atoms with van der Waals surface area (Å²) in [7, 11) is 0. The van der Waals surface area contributed by atoms with E-state index in [-0.39, 0.29) is 11.4 Å². The van der Waals surface area contributed by atoms with Crippen LogP contribution in [-0.2, 0) is 6.61 Å². The zero-order chi connectivity index (χ0) is 20.6. The highest BCUT2D eigenvalue weighted by Gasteiger charge is 2.18. The summed E-state index contributed by atoms with van der Waals surface area (Å²) >= 11 is 0. The van der Waals surface area contributed by atoms with E-state index in [1.165, 1.54) is 12.1 Å². The van der Waals surface area contributed by atoms with Crippen molar-refractivity contribution in [2.45, 2.75) is 13.5 Å². The van der Waals surface area contributed by atoms with Gasteiger partial charge in [0.15, 0.2) is 0 Å². The van der Waals surface area contributed by atoms with Gasteiger partial charge in [-0.1, -0.05) is 30.3 Å². The van der Waals surface area contributed by atoms with Crippen LogP contribution in [0.2, 0.25) is 0 Å². The fourth-order valence-corrected chi connectivity index (χ4v) is 2.66. The molecule has 0 radical (unpaired) electrons. The molecule has 0 saturated carbocycles. The Labute approximate surface area is 168 Å². The SMILES string of the molecule is CCOc1ccc(NC(=O)c2ccc(OCc3ccccc3)cc2)c([N+](=O)[O-])c1. The highest BCUT2D eigenvalue weighted by Crippen LogP contribution is 2.29. The second-order valence-corrected chi connectivity index (χ2v) is 6.12. The van der Waals surface area contributed by atoms with Crippen LogP contribution in [0.3, 0.4) is 0 Å². The van der Waals surface area contributed by atoms with E-state index in [0.29, 0.717) is 30.3 Å². The number of rotatable bonds is 8. The highest BCUT2D eigenvalue weighted by atomic mass is 16.6. The van der Waals surface area contributed by atoms with Crippen LogP contribution >= 0.6 is 0 Å². The molecule has 3 aromatic rings. The topological polar surface area (TPSA) is 90.7 Å². The minimum absolute atomic E-state index is 0.104. The molecule has 0 aromatic heterocycles. The van der Waals surface area contributed by atoms with Crippen molar-refractivity contribution in [3.8, 4) is 11.5 Å². The number of hydrogen-bond acceptors (Lipinski definition) is 5. The monoisotopic (exact) mass is 392 g/mol. The zero-order valence-corrected chi connectivity index (χ0v) is 15.8. The normalized spacial score (nSPS) is 10.2. The highest BCUT2D eigenvalue weighted by molar-refractivity contribution is 6.05. The Balaban J connectivity index is 1.67. The predicted octanol–water partition coefficient (Wildman–Crippen LogP) is 4.82. The van der Waals surface area contributed by atoms with Crippen LogP contribution in [-0.4, -0.2) is 17.4 Å². The van der Waals surface area contributed by atoms with Crippen LogP contribution < -0.4 is 14.8 Å². The minimum Gasteiger partial charge on any atom is -0.494 e. The molecule has 1 amide bonds. The first-order valence-electron chi connectivity index (χ1n) is 9.06. The van der Waals surface area contributed by atoms with Gasteiger partial charge in [0.05, 0.1) is 17.6 Å². The number of carbonyl (C=O) groups is 1. The van der Waals surface area contributed by atoms with Gasteiger partial charge in [-0.3, -0.25) is 14.9 Å². The van der Waals surface area contributed by atoms with Crippen LogP contribution in [0.15, 0.2) is 72.8 Å². The number of hydrogen-bond donors (Lipinski definition) is 1. The average molecular weight is 392 g/mol. The molecule has 7 heteroatoms. The molecule has 1 N–H and O–H groups in total. The minimum atomic E-state index is -0.557. The zero-order valence-electron chi connectivity index (χ0n) is 15.8. The molecule has 148 valence electrons. The molecule has 0 unspecified atom stereocenters. The van der Waals surface area contributed by atoms with E-state index in [9.17, 15) is 14.9 Å². The number of nitrogens with one attached hydrogen (secondary N) is 1. The van der Waals surface area contributed by atoms with E-state index in [4.69, 9.17) is 9.47 Å². The molecule has 3 rings (SSSR count). The lowest BCUT2D eigenvalue weighted by Gasteiger charge is -2.09. The van der Waals surface area contributed by atoms with Gasteiger partial charge in [0.2, 0.25) is 0 Å². The van der Waals surface area contributed by atoms with Crippen LogP contribution in [0.4, 0.5) is 11.4 Å². The van der Waals surface area contributed by atoms with Crippen molar-refractivity contribution in [3.05, 3.63) is 94.0 Å². The first-order chi connectivity index (χ1) is 14.1. The molecule has 7 nitrogen and oxygen atoms in total. The van der Waals surface area contributed by atoms with E-state index in [1.54, 1.807) is 37.3 Å². The first kappa shape index (κ1) is 19.9. The van der Waals surface area contributed by atoms with E-state index in [0.717, 1.165) is 5.56 Å². The maximum absolute atomic E-state index is 12.5. The van der Waals surface area contributed by atoms with Crippen LogP contribution in [0, 0.1) is 10.1 Å². The molecular weight excluding hydrogens is 372 g/mol. The van der Waals surface area contributed by atoms with Gasteiger partial charge in [-0.25, -0.2) is 0 Å². The van der Waals surface area contributed by atoms with Gasteiger partial charge in [-0.2, -0.15) is 0 Å². The van der Waals surface area contributed by atoms with E-state index in [1.807, 2.05) is 30.3 Å². The van der Waals surface area contributed by atoms with Crippen LogP contribution in [0.5, 0.6) is 11.5 Å². The van der Waals surface area contributed by atoms with Crippen molar-refractivity contribution in [2.24, 2.45) is 0 Å². The molecule has 0 atom stereocenters. The summed E-state index contributed by atoms with van der Waals surface area (Å²) in [6.45, 7) is 2.60. The number of nitrogens with zero attached hydrogens (tertiary/aromatic N) is 1. The molecule has 0 aliphatic carbocycles. The number of anilines is 1. The van der Waals surface area contributed by atoms with E-state index < -0.39 is 10.8 Å². The lowest BCUT2D eigenvalue weighted by molar-refractivity contribution is -0.384. The Kier molecular flexibility index (Phi) is 6.42. The molecule has 0 fully saturated rings. The summed E-state index contributed by atoms with van der Waals surface area (Å²) < 4.78 is 11.0. The maximum atomic E-state index is 12.5. The number of nitro benzene ring substituents is 1. The first-order valence-corrected chi connectivity index (χ1v) is 9.06. The Bertz CT molecular complexity index is 988. The molecule has 3 aromatic carbocycles. The Hall–Kier alpha value is -3.87. The summed E-state index contributed by atoms with van der Waals surface area (Å²) in [5.74, 6) is 0.543. The number of nitro groups is 1. The Morgan fingerprint density at radius 3 is 2.31 bits per heavy atom. The molecule has 0 spiro atoms. The van der Waals surface area contributed by atoms with Gasteiger partial charge in [-0.05, 0) is 48.9 Å². The number of amides is 1. The summed E-state index contributed by atoms with van der Waals surface area (Å²) in [4.78, 5) is 23.2. The van der Waals surface area contributed by atoms with Gasteiger partial charge in [0.1, 0.15) is 23.8 Å². The second-order valence-electron chi connectivity index (χ2n) is 6.12. The molecule has 0 heterocycles. The van der Waals surface area contributed by atoms with Gasteiger partial charge in [0, 0.05) is 5.56 Å². The van der Waals surface area contributed by atoms with Crippen LogP contribution in [0.1, 0.15) is 22.8 Å². The third-order valence-corrected chi connectivity index (χ3v) is 4.09. The summed E-state index contributed by atoms with van der Waals surface area (Å²) in [6, 6.07) is 20.6. The quantitative estimate of drug-likeness (QED) is 0.438. The molecule has 0 bridgehead atoms. The predicted molar refractivity (Wildman–Crippen MR) is 109 cm³/mol. The third kappa shape index (κ3) is 5.32. The van der Waals surface area contributed by atoms with Crippen molar-refractivity contribution in [1.82, 2.24) is 0 Å². The Morgan fingerprint density at radius 2 is 1.66 bits per heavy atom. The number of benzene rings is 3. The smallest absolute Gasteiger partial charge is 0.296 e. The molecular formula is C22H20N2O5. The number of carbonyl (C=O) groups excluding carboxylic acids is 1. The van der Waals surface area contributed by atoms with E-state index in [2.05, 4.69) is 5.32 Å². The van der Waals surface area contributed by atoms with Crippen LogP contribution in [0.25, 0.3) is 0 Å². The standard InChI is InChI=1S/C22H20N2O5/c1-2-28-19-12-13-20(21(14-19)24(26)27)23-22(25)17-8-10-18(11-9-17)29-15-16-6-4-3-5-7-16/h3-14H,2,15H2,1H3,(H,23,25). The van der Waals surface area contributed by atoms with Crippen molar-refractivity contribution in [2.75, 3.05) is 11.9 Å². The molecule has 0 aliphatic rings. The second kappa shape index (κ2) is 9.36. The lowest BCUT2D eigenvalue weighted by Crippen LogP contribution is -2.13. The van der Waals surface area contributed by atoms with Gasteiger partial charge in [-0.15, -0.1) is 0 Å². The Morgan fingerprint density at radius 1 is 0.966 bits per heavy atom. The summed E-state index contributed by atoms with van der Waals surface area (Å²) in [5.41, 5.74) is 1.28. The third-order valence-electron chi connectivity index (χ3n) is 4.09. The fourth-order valence-electron chi connectivity index (χ4n) is 2.66. The largest absolute Gasteiger partial charge is 0.494 e. The maximum Gasteiger partial charge on any atom is 0.296 e. The molecule has 0 aliphatic heterocycles. The summed E-state index contributed by atoms with van der Waals surface area (Å²) in [5, 5.41) is 13.9. The fraction of sp³-hybridized carbons (Fsp3) is 0.136. The van der Waals surface area contributed by atoms with Crippen molar-refractivity contribution < 1.29 is 19.2 Å². The van der Waals surface area contributed by atoms with Crippen molar-refractivity contribution in [3.63, 3.8) is 0 Å². The average Bonchev–Trinajstić information content (AvgIpc) is 2.74. The lowest BCUT2D eigenvalue weighted by atomic mass is 10.2. The summed E-state index contributed by atoms with van der Waals surface area (Å²) in [6.07, 6.45) is 0. The van der Waals surface area contributed by atoms with Gasteiger partial charge < -0.3 is 14.8 Å². The van der Waals surface area contributed by atoms with E-state index >= 15 is 0 Å². The number of ether oxygens (including phenoxy) is 2. The van der Waals surface area contributed by atoms with Crippen molar-refractivity contribution >= 4 is 17.3 Å². The van der Waals surface area contributed by atoms with Crippen molar-refractivity contribution in [1.29, 1.82) is 0 Å². The van der Waals surface area contributed by atoms with Gasteiger partial charge >= 0.3 is 0 Å². The molecule has 0 saturated heterocycles. The molecule has 29 heavy (non-hydrogen) atoms. The van der Waals surface area contributed by atoms with Gasteiger partial charge in [0.25, 0.3) is 11.6 Å².